The summed E-state index contributed by atoms with van der Waals surface area (Å²) < 4.78 is 10.4. The van der Waals surface area contributed by atoms with Crippen LogP contribution in [0.2, 0.25) is 0 Å². The summed E-state index contributed by atoms with van der Waals surface area (Å²) in [5, 5.41) is 11.8. The summed E-state index contributed by atoms with van der Waals surface area (Å²) >= 11 is 2.97. The molecule has 1 saturated heterocycles. The molecule has 0 spiro atoms. The number of amides is 5. The van der Waals surface area contributed by atoms with Crippen molar-refractivity contribution in [2.24, 2.45) is 0 Å². The zero-order chi connectivity index (χ0) is 34.5. The summed E-state index contributed by atoms with van der Waals surface area (Å²) in [6.07, 6.45) is 2.63. The van der Waals surface area contributed by atoms with Gasteiger partial charge in [-0.3, -0.25) is 9.78 Å². The fraction of sp³-hybridized carbons (Fsp3) is 0.515. The van der Waals surface area contributed by atoms with Crippen molar-refractivity contribution >= 4 is 46.8 Å². The van der Waals surface area contributed by atoms with Crippen LogP contribution in [-0.4, -0.2) is 88.8 Å². The molecule has 260 valence electrons. The van der Waals surface area contributed by atoms with Gasteiger partial charge in [-0.15, -0.1) is 22.7 Å². The molecule has 3 N–H and O–H groups in total. The highest BCUT2D eigenvalue weighted by Crippen LogP contribution is 2.20. The molecule has 1 aliphatic heterocycles. The van der Waals surface area contributed by atoms with Gasteiger partial charge in [-0.1, -0.05) is 44.2 Å². The summed E-state index contributed by atoms with van der Waals surface area (Å²) in [5.41, 5.74) is 3.53. The maximum absolute atomic E-state index is 13.6. The van der Waals surface area contributed by atoms with Crippen LogP contribution in [0, 0.1) is 0 Å². The first-order chi connectivity index (χ1) is 23.1. The molecule has 0 bridgehead atoms. The molecule has 1 fully saturated rings. The van der Waals surface area contributed by atoms with Gasteiger partial charge in [0.15, 0.2) is 0 Å². The fourth-order valence-electron chi connectivity index (χ4n) is 5.07. The molecule has 1 aliphatic rings. The van der Waals surface area contributed by atoms with Crippen LogP contribution in [0.3, 0.4) is 0 Å². The van der Waals surface area contributed by atoms with E-state index in [4.69, 9.17) is 9.47 Å². The number of benzene rings is 1. The van der Waals surface area contributed by atoms with Crippen LogP contribution in [-0.2, 0) is 33.8 Å². The number of hydrogen-bond acceptors (Lipinski definition) is 10. The Morgan fingerprint density at radius 3 is 2.52 bits per heavy atom. The lowest BCUT2D eigenvalue weighted by molar-refractivity contribution is -0.123. The maximum atomic E-state index is 13.6. The molecular formula is C33H45N7O6S2. The Morgan fingerprint density at radius 1 is 1.06 bits per heavy atom. The molecule has 13 nitrogen and oxygen atoms in total. The Hall–Kier alpha value is -4.24. The van der Waals surface area contributed by atoms with Crippen molar-refractivity contribution in [1.29, 1.82) is 0 Å². The van der Waals surface area contributed by atoms with Crippen molar-refractivity contribution in [2.45, 2.75) is 83.6 Å². The smallest absolute Gasteiger partial charge is 0.409 e. The molecule has 4 rings (SSSR count). The van der Waals surface area contributed by atoms with E-state index in [0.717, 1.165) is 21.1 Å². The van der Waals surface area contributed by atoms with Gasteiger partial charge >= 0.3 is 18.2 Å². The second kappa shape index (κ2) is 18.3. The normalized spacial score (nSPS) is 14.6. The minimum absolute atomic E-state index is 0.140. The van der Waals surface area contributed by atoms with E-state index in [-0.39, 0.29) is 37.6 Å². The minimum atomic E-state index is -0.891. The molecule has 0 unspecified atom stereocenters. The topological polar surface area (TPSA) is 155 Å². The standard InChI is InChI=1S/C33H45N7O6S2/c1-22(2)30-36-26(20-47-30)18-39(4)31(42)38-28(12-13-40-14-15-45-33(40)44)29(41)35-23(3)10-11-25(16-24-8-6-5-7-9-24)37-32(43)46-19-27-17-34-21-48-27/h5-9,17,20-23,25,28H,10-16,18-19H2,1-4H3,(H,35,41)(H,37,43)(H,38,42)/t23-,25+,28-/m0/s1. The predicted octanol–water partition coefficient (Wildman–Crippen LogP) is 4.90. The molecule has 0 aliphatic carbocycles. The lowest BCUT2D eigenvalue weighted by Crippen LogP contribution is -2.53. The van der Waals surface area contributed by atoms with Crippen LogP contribution in [0.25, 0.3) is 0 Å². The SMILES string of the molecule is CC(C)c1nc(CN(C)C(=O)N[C@@H](CCN2CCOC2=O)C(=O)N[C@@H](C)CC[C@H](Cc2ccccc2)NC(=O)OCc2cncs2)cs1. The second-order valence-electron chi connectivity index (χ2n) is 12.1. The van der Waals surface area contributed by atoms with Gasteiger partial charge in [-0.05, 0) is 38.2 Å². The number of aromatic nitrogens is 2. The van der Waals surface area contributed by atoms with Crippen molar-refractivity contribution < 1.29 is 28.7 Å². The zero-order valence-corrected chi connectivity index (χ0v) is 29.5. The van der Waals surface area contributed by atoms with Crippen molar-refractivity contribution in [3.63, 3.8) is 0 Å². The van der Waals surface area contributed by atoms with Crippen LogP contribution in [0.5, 0.6) is 0 Å². The van der Waals surface area contributed by atoms with E-state index in [1.165, 1.54) is 21.1 Å². The Balaban J connectivity index is 1.34. The maximum Gasteiger partial charge on any atom is 0.409 e. The lowest BCUT2D eigenvalue weighted by Gasteiger charge is -2.26. The van der Waals surface area contributed by atoms with E-state index in [1.807, 2.05) is 42.6 Å². The van der Waals surface area contributed by atoms with Gasteiger partial charge in [0.05, 0.1) is 34.2 Å². The summed E-state index contributed by atoms with van der Waals surface area (Å²) in [4.78, 5) is 63.9. The number of thiazole rings is 2. The van der Waals surface area contributed by atoms with Gasteiger partial charge in [0.1, 0.15) is 19.3 Å². The van der Waals surface area contributed by atoms with E-state index < -0.39 is 24.3 Å². The molecule has 5 amide bonds. The second-order valence-corrected chi connectivity index (χ2v) is 14.0. The first kappa shape index (κ1) is 36.6. The van der Waals surface area contributed by atoms with Crippen LogP contribution < -0.4 is 16.0 Å². The van der Waals surface area contributed by atoms with Gasteiger partial charge in [-0.25, -0.2) is 19.4 Å². The number of cyclic esters (lactones) is 1. The van der Waals surface area contributed by atoms with Crippen molar-refractivity contribution in [2.75, 3.05) is 26.7 Å². The summed E-state index contributed by atoms with van der Waals surface area (Å²) in [6.45, 7) is 7.44. The van der Waals surface area contributed by atoms with Crippen LogP contribution >= 0.6 is 22.7 Å². The molecule has 48 heavy (non-hydrogen) atoms. The largest absolute Gasteiger partial charge is 0.448 e. The molecular weight excluding hydrogens is 655 g/mol. The molecule has 2 aromatic heterocycles. The predicted molar refractivity (Wildman–Crippen MR) is 184 cm³/mol. The third-order valence-corrected chi connectivity index (χ3v) is 9.72. The molecule has 15 heteroatoms. The highest BCUT2D eigenvalue weighted by atomic mass is 32.1. The number of nitrogens with one attached hydrogen (secondary N) is 3. The third kappa shape index (κ3) is 11.8. The van der Waals surface area contributed by atoms with E-state index in [9.17, 15) is 19.2 Å². The van der Waals surface area contributed by atoms with Crippen molar-refractivity contribution in [3.8, 4) is 0 Å². The number of urea groups is 1. The van der Waals surface area contributed by atoms with E-state index in [2.05, 4.69) is 39.8 Å². The zero-order valence-electron chi connectivity index (χ0n) is 27.8. The summed E-state index contributed by atoms with van der Waals surface area (Å²) in [5.74, 6) is -0.0632. The highest BCUT2D eigenvalue weighted by molar-refractivity contribution is 7.09. The van der Waals surface area contributed by atoms with Crippen molar-refractivity contribution in [3.05, 3.63) is 68.6 Å². The quantitative estimate of drug-likeness (QED) is 0.180. The van der Waals surface area contributed by atoms with Gasteiger partial charge in [0.25, 0.3) is 0 Å². The lowest BCUT2D eigenvalue weighted by atomic mass is 9.99. The molecule has 3 aromatic rings. The van der Waals surface area contributed by atoms with Gasteiger partial charge in [-0.2, -0.15) is 0 Å². The minimum Gasteiger partial charge on any atom is -0.448 e. The number of hydrogen-bond donors (Lipinski definition) is 3. The number of ether oxygens (including phenoxy) is 2. The van der Waals surface area contributed by atoms with Crippen molar-refractivity contribution in [1.82, 2.24) is 35.7 Å². The molecule has 1 aromatic carbocycles. The Bertz CT molecular complexity index is 1470. The number of nitrogens with zero attached hydrogens (tertiary/aromatic N) is 4. The first-order valence-electron chi connectivity index (χ1n) is 16.1. The van der Waals surface area contributed by atoms with E-state index in [0.29, 0.717) is 44.9 Å². The van der Waals surface area contributed by atoms with Crippen LogP contribution in [0.1, 0.15) is 67.1 Å². The van der Waals surface area contributed by atoms with Crippen LogP contribution in [0.15, 0.2) is 47.4 Å². The number of alkyl carbamates (subject to hydrolysis) is 1. The molecule has 0 radical (unpaired) electrons. The van der Waals surface area contributed by atoms with E-state index in [1.54, 1.807) is 30.1 Å². The number of carbonyl (C=O) groups excluding carboxylic acids is 4. The fourth-order valence-corrected chi connectivity index (χ4v) is 6.40. The first-order valence-corrected chi connectivity index (χ1v) is 17.9. The summed E-state index contributed by atoms with van der Waals surface area (Å²) in [7, 11) is 1.65. The molecule has 3 heterocycles. The van der Waals surface area contributed by atoms with Crippen LogP contribution in [0.4, 0.5) is 14.4 Å². The Kier molecular flexibility index (Phi) is 14.0. The Morgan fingerprint density at radius 2 is 1.85 bits per heavy atom. The molecule has 0 saturated carbocycles. The molecule has 3 atom stereocenters. The Labute approximate surface area is 289 Å². The average Bonchev–Trinajstić information content (AvgIpc) is 3.84. The van der Waals surface area contributed by atoms with Gasteiger partial charge in [0, 0.05) is 43.2 Å². The average molecular weight is 700 g/mol. The summed E-state index contributed by atoms with van der Waals surface area (Å²) in [6, 6.07) is 8.01. The van der Waals surface area contributed by atoms with Gasteiger partial charge < -0.3 is 35.2 Å². The van der Waals surface area contributed by atoms with E-state index >= 15 is 0 Å². The number of rotatable bonds is 17. The third-order valence-electron chi connectivity index (χ3n) is 7.77. The van der Waals surface area contributed by atoms with Gasteiger partial charge in [0.2, 0.25) is 5.91 Å². The monoisotopic (exact) mass is 699 g/mol. The number of carbonyl (C=O) groups is 4. The highest BCUT2D eigenvalue weighted by Gasteiger charge is 2.28.